The summed E-state index contributed by atoms with van der Waals surface area (Å²) in [7, 11) is 0. The van der Waals surface area contributed by atoms with Crippen molar-refractivity contribution < 1.29 is 14.2 Å². The van der Waals surface area contributed by atoms with Crippen LogP contribution in [0.4, 0.5) is 11.4 Å². The number of rotatable bonds is 4. The second-order valence-corrected chi connectivity index (χ2v) is 11.2. The van der Waals surface area contributed by atoms with E-state index in [9.17, 15) is 0 Å². The largest absolute Gasteiger partial charge is 0.473 e. The fourth-order valence-electron chi connectivity index (χ4n) is 5.00. The Balaban J connectivity index is 1.10. The third-order valence-electron chi connectivity index (χ3n) is 7.26. The van der Waals surface area contributed by atoms with Crippen LogP contribution in [0.2, 0.25) is 0 Å². The molecule has 0 atom stereocenters. The van der Waals surface area contributed by atoms with Gasteiger partial charge in [0.15, 0.2) is 13.5 Å². The van der Waals surface area contributed by atoms with Crippen molar-refractivity contribution in [2.45, 2.75) is 46.2 Å². The number of fused-ring (bicyclic) bond motifs is 2. The zero-order valence-electron chi connectivity index (χ0n) is 22.5. The first-order chi connectivity index (χ1) is 18.3. The highest BCUT2D eigenvalue weighted by molar-refractivity contribution is 5.55. The van der Waals surface area contributed by atoms with Gasteiger partial charge >= 0.3 is 0 Å². The van der Waals surface area contributed by atoms with Gasteiger partial charge in [-0.15, -0.1) is 0 Å². The Hall–Kier alpha value is -4.12. The molecule has 0 unspecified atom stereocenters. The molecule has 0 N–H and O–H groups in total. The van der Waals surface area contributed by atoms with E-state index in [-0.39, 0.29) is 5.41 Å². The average molecular weight is 507 g/mol. The normalized spacial score (nSPS) is 14.7. The van der Waals surface area contributed by atoms with Gasteiger partial charge in [0.1, 0.15) is 23.0 Å². The maximum absolute atomic E-state index is 6.14. The van der Waals surface area contributed by atoms with Crippen molar-refractivity contribution in [2.75, 3.05) is 23.3 Å². The predicted octanol–water partition coefficient (Wildman–Crippen LogP) is 7.80. The van der Waals surface area contributed by atoms with Gasteiger partial charge in [-0.05, 0) is 84.6 Å². The molecule has 0 saturated heterocycles. The number of hydrogen-bond donors (Lipinski definition) is 0. The minimum Gasteiger partial charge on any atom is -0.473 e. The molecule has 0 fully saturated rings. The number of ether oxygens (including phenoxy) is 3. The van der Waals surface area contributed by atoms with Gasteiger partial charge in [0, 0.05) is 35.6 Å². The molecule has 5 nitrogen and oxygen atoms in total. The molecule has 0 saturated carbocycles. The van der Waals surface area contributed by atoms with Crippen LogP contribution in [-0.4, -0.2) is 13.5 Å². The van der Waals surface area contributed by atoms with Crippen molar-refractivity contribution in [2.24, 2.45) is 0 Å². The van der Waals surface area contributed by atoms with Crippen molar-refractivity contribution in [3.8, 4) is 23.0 Å². The molecule has 4 aromatic rings. The summed E-state index contributed by atoms with van der Waals surface area (Å²) < 4.78 is 18.2. The summed E-state index contributed by atoms with van der Waals surface area (Å²) in [5.41, 5.74) is 7.34. The molecule has 0 amide bonds. The monoisotopic (exact) mass is 506 g/mol. The van der Waals surface area contributed by atoms with Gasteiger partial charge in [-0.3, -0.25) is 0 Å². The van der Waals surface area contributed by atoms with Crippen LogP contribution in [0, 0.1) is 6.92 Å². The van der Waals surface area contributed by atoms with Gasteiger partial charge in [-0.25, -0.2) is 0 Å². The van der Waals surface area contributed by atoms with Gasteiger partial charge in [0.2, 0.25) is 0 Å². The van der Waals surface area contributed by atoms with Crippen molar-refractivity contribution in [1.29, 1.82) is 0 Å². The average Bonchev–Trinajstić information content (AvgIpc) is 2.92. The van der Waals surface area contributed by atoms with Crippen LogP contribution in [0.1, 0.15) is 43.0 Å². The van der Waals surface area contributed by atoms with E-state index in [1.165, 1.54) is 22.3 Å². The van der Waals surface area contributed by atoms with Crippen LogP contribution < -0.4 is 24.0 Å². The maximum Gasteiger partial charge on any atom is 0.161 e. The fourth-order valence-corrected chi connectivity index (χ4v) is 5.00. The molecule has 4 aromatic carbocycles. The summed E-state index contributed by atoms with van der Waals surface area (Å²) in [6.07, 6.45) is 0. The number of nitrogens with zero attached hydrogens (tertiary/aromatic N) is 2. The minimum absolute atomic E-state index is 0.112. The number of aryl methyl sites for hydroxylation is 1. The lowest BCUT2D eigenvalue weighted by Gasteiger charge is -2.32. The van der Waals surface area contributed by atoms with Crippen LogP contribution >= 0.6 is 0 Å². The van der Waals surface area contributed by atoms with Crippen LogP contribution in [0.3, 0.4) is 0 Å². The number of benzene rings is 4. The first-order valence-electron chi connectivity index (χ1n) is 13.2. The summed E-state index contributed by atoms with van der Waals surface area (Å²) in [4.78, 5) is 4.47. The molecule has 2 aliphatic rings. The van der Waals surface area contributed by atoms with Gasteiger partial charge < -0.3 is 24.0 Å². The van der Waals surface area contributed by atoms with E-state index in [0.29, 0.717) is 13.5 Å². The van der Waals surface area contributed by atoms with Gasteiger partial charge in [0.05, 0.1) is 0 Å². The van der Waals surface area contributed by atoms with Crippen molar-refractivity contribution in [3.63, 3.8) is 0 Å². The first kappa shape index (κ1) is 24.2. The molecule has 0 aromatic heterocycles. The van der Waals surface area contributed by atoms with Crippen molar-refractivity contribution in [1.82, 2.24) is 0 Å². The molecule has 0 bridgehead atoms. The quantitative estimate of drug-likeness (QED) is 0.282. The molecule has 2 heterocycles. The van der Waals surface area contributed by atoms with Crippen molar-refractivity contribution >= 4 is 11.4 Å². The molecule has 194 valence electrons. The fraction of sp³-hybridized carbons (Fsp3) is 0.273. The zero-order chi connectivity index (χ0) is 26.3. The summed E-state index contributed by atoms with van der Waals surface area (Å²) in [5.74, 6) is 3.57. The Morgan fingerprint density at radius 3 is 1.66 bits per heavy atom. The molecule has 38 heavy (non-hydrogen) atoms. The van der Waals surface area contributed by atoms with Crippen LogP contribution in [-0.2, 0) is 18.5 Å². The summed E-state index contributed by atoms with van der Waals surface area (Å²) in [6.45, 7) is 11.6. The highest BCUT2D eigenvalue weighted by Gasteiger charge is 2.22. The van der Waals surface area contributed by atoms with E-state index in [0.717, 1.165) is 47.5 Å². The predicted molar refractivity (Wildman–Crippen MR) is 153 cm³/mol. The molecule has 6 rings (SSSR count). The summed E-state index contributed by atoms with van der Waals surface area (Å²) in [6, 6.07) is 29.3. The molecular weight excluding hydrogens is 472 g/mol. The third-order valence-corrected chi connectivity index (χ3v) is 7.26. The van der Waals surface area contributed by atoms with E-state index < -0.39 is 0 Å². The van der Waals surface area contributed by atoms with Crippen LogP contribution in [0.5, 0.6) is 23.0 Å². The minimum atomic E-state index is 0.112. The molecule has 0 radical (unpaired) electrons. The van der Waals surface area contributed by atoms with E-state index in [2.05, 4.69) is 98.2 Å². The summed E-state index contributed by atoms with van der Waals surface area (Å²) >= 11 is 0. The Bertz CT molecular complexity index is 1440. The lowest BCUT2D eigenvalue weighted by atomic mass is 9.86. The van der Waals surface area contributed by atoms with Gasteiger partial charge in [0.25, 0.3) is 0 Å². The summed E-state index contributed by atoms with van der Waals surface area (Å²) in [5, 5.41) is 0. The topological polar surface area (TPSA) is 34.2 Å². The smallest absolute Gasteiger partial charge is 0.161 e. The van der Waals surface area contributed by atoms with Crippen LogP contribution in [0.25, 0.3) is 0 Å². The first-order valence-corrected chi connectivity index (χ1v) is 13.2. The SMILES string of the molecule is Cc1ccc2c(c1)CN(c1ccc(Oc3ccc(N4COc5ccc(C(C)(C)C)cc5C4)cc3)cc1)CO2. The molecule has 0 aliphatic carbocycles. The Morgan fingerprint density at radius 2 is 1.13 bits per heavy atom. The van der Waals surface area contributed by atoms with Gasteiger partial charge in [-0.2, -0.15) is 0 Å². The zero-order valence-corrected chi connectivity index (χ0v) is 22.5. The molecule has 5 heteroatoms. The van der Waals surface area contributed by atoms with E-state index in [1.807, 2.05) is 24.3 Å². The molecular formula is C33H34N2O3. The molecule has 2 aliphatic heterocycles. The lowest BCUT2D eigenvalue weighted by Crippen LogP contribution is -2.32. The highest BCUT2D eigenvalue weighted by atomic mass is 16.5. The Morgan fingerprint density at radius 1 is 0.632 bits per heavy atom. The second-order valence-electron chi connectivity index (χ2n) is 11.2. The Kier molecular flexibility index (Phi) is 6.15. The number of anilines is 2. The van der Waals surface area contributed by atoms with Crippen molar-refractivity contribution in [3.05, 3.63) is 107 Å². The van der Waals surface area contributed by atoms with Crippen LogP contribution in [0.15, 0.2) is 84.9 Å². The standard InChI is InChI=1S/C33H34N2O3/c1-23-5-15-31-24(17-23)19-34(21-36-31)27-7-11-29(12-8-27)38-30-13-9-28(10-14-30)35-20-25-18-26(33(2,3)4)6-16-32(25)37-22-35/h5-18H,19-22H2,1-4H3. The Labute approximate surface area is 225 Å². The van der Waals surface area contributed by atoms with Gasteiger partial charge in [-0.1, -0.05) is 44.5 Å². The lowest BCUT2D eigenvalue weighted by molar-refractivity contribution is 0.289. The molecule has 0 spiro atoms. The number of hydrogen-bond acceptors (Lipinski definition) is 5. The second kappa shape index (κ2) is 9.64. The highest BCUT2D eigenvalue weighted by Crippen LogP contribution is 2.34. The maximum atomic E-state index is 6.14. The van der Waals surface area contributed by atoms with E-state index in [1.54, 1.807) is 0 Å². The van der Waals surface area contributed by atoms with E-state index >= 15 is 0 Å². The van der Waals surface area contributed by atoms with E-state index in [4.69, 9.17) is 14.2 Å². The third kappa shape index (κ3) is 5.01.